The number of nitrogens with two attached hydrogens (primary N) is 1. The van der Waals surface area contributed by atoms with Crippen LogP contribution in [0.3, 0.4) is 0 Å². The summed E-state index contributed by atoms with van der Waals surface area (Å²) in [5.41, 5.74) is 5.60. The molecule has 0 aromatic rings. The third kappa shape index (κ3) is 4.07. The normalized spacial score (nSPS) is 28.3. The van der Waals surface area contributed by atoms with Crippen molar-refractivity contribution in [3.8, 4) is 0 Å². The Morgan fingerprint density at radius 3 is 2.88 bits per heavy atom. The molecular formula is C17H30N4O3. The van der Waals surface area contributed by atoms with E-state index in [9.17, 15) is 9.59 Å². The highest BCUT2D eigenvalue weighted by Gasteiger charge is 2.39. The molecule has 2 N–H and O–H groups in total. The average molecular weight is 338 g/mol. The molecule has 7 nitrogen and oxygen atoms in total. The second-order valence-electron chi connectivity index (χ2n) is 7.09. The second kappa shape index (κ2) is 8.27. The van der Waals surface area contributed by atoms with Crippen LogP contribution in [0.4, 0.5) is 0 Å². The number of carbonyl (C=O) groups is 2. The highest BCUT2D eigenvalue weighted by Crippen LogP contribution is 2.31. The minimum Gasteiger partial charge on any atom is -0.342 e. The molecule has 24 heavy (non-hydrogen) atoms. The molecule has 0 saturated carbocycles. The van der Waals surface area contributed by atoms with Crippen molar-refractivity contribution in [3.05, 3.63) is 0 Å². The fourth-order valence-corrected chi connectivity index (χ4v) is 4.18. The van der Waals surface area contributed by atoms with E-state index < -0.39 is 0 Å². The van der Waals surface area contributed by atoms with Gasteiger partial charge in [-0.1, -0.05) is 0 Å². The van der Waals surface area contributed by atoms with Crippen LogP contribution in [0.5, 0.6) is 0 Å². The van der Waals surface area contributed by atoms with Crippen LogP contribution in [0.2, 0.25) is 0 Å². The van der Waals surface area contributed by atoms with E-state index in [2.05, 4.69) is 0 Å². The fourth-order valence-electron chi connectivity index (χ4n) is 4.18. The molecule has 0 bridgehead atoms. The van der Waals surface area contributed by atoms with E-state index in [4.69, 9.17) is 10.6 Å². The minimum atomic E-state index is 0.217. The Hall–Kier alpha value is -1.18. The average Bonchev–Trinajstić information content (AvgIpc) is 3.12. The molecule has 3 fully saturated rings. The molecule has 0 aromatic heterocycles. The summed E-state index contributed by atoms with van der Waals surface area (Å²) in [4.78, 5) is 34.2. The summed E-state index contributed by atoms with van der Waals surface area (Å²) in [6.07, 6.45) is 4.83. The van der Waals surface area contributed by atoms with Gasteiger partial charge in [-0.15, -0.1) is 0 Å². The van der Waals surface area contributed by atoms with Gasteiger partial charge in [0.25, 0.3) is 0 Å². The fraction of sp³-hybridized carbons (Fsp3) is 0.882. The second-order valence-corrected chi connectivity index (χ2v) is 7.09. The first-order chi connectivity index (χ1) is 11.7. The van der Waals surface area contributed by atoms with Crippen molar-refractivity contribution in [1.29, 1.82) is 0 Å². The molecular weight excluding hydrogens is 308 g/mol. The Kier molecular flexibility index (Phi) is 6.08. The molecule has 2 amide bonds. The zero-order valence-electron chi connectivity index (χ0n) is 14.5. The van der Waals surface area contributed by atoms with Gasteiger partial charge in [0.1, 0.15) is 0 Å². The molecule has 0 spiro atoms. The summed E-state index contributed by atoms with van der Waals surface area (Å²) in [6, 6.07) is 0.295. The maximum atomic E-state index is 12.5. The van der Waals surface area contributed by atoms with E-state index in [1.807, 2.05) is 14.9 Å². The predicted octanol–water partition coefficient (Wildman–Crippen LogP) is 0.202. The van der Waals surface area contributed by atoms with Crippen molar-refractivity contribution in [2.45, 2.75) is 44.6 Å². The van der Waals surface area contributed by atoms with Crippen molar-refractivity contribution in [3.63, 3.8) is 0 Å². The maximum absolute atomic E-state index is 12.5. The van der Waals surface area contributed by atoms with Gasteiger partial charge in [-0.25, -0.2) is 0 Å². The molecule has 3 aliphatic heterocycles. The lowest BCUT2D eigenvalue weighted by Crippen LogP contribution is -2.57. The Morgan fingerprint density at radius 2 is 2.12 bits per heavy atom. The van der Waals surface area contributed by atoms with E-state index in [-0.39, 0.29) is 11.8 Å². The van der Waals surface area contributed by atoms with Gasteiger partial charge in [0.15, 0.2) is 0 Å². The number of hydroxylamine groups is 2. The Bertz CT molecular complexity index is 453. The Balaban J connectivity index is 1.50. The quantitative estimate of drug-likeness (QED) is 0.749. The van der Waals surface area contributed by atoms with Gasteiger partial charge in [0.05, 0.1) is 6.61 Å². The van der Waals surface area contributed by atoms with E-state index in [0.29, 0.717) is 37.9 Å². The SMILES string of the molecule is NCCCN1C(=O)CC[C@H]2CN(C(=O)CCN3CCCO3)CC[C@H]21. The van der Waals surface area contributed by atoms with Crippen LogP contribution in [0.15, 0.2) is 0 Å². The number of nitrogens with zero attached hydrogens (tertiary/aromatic N) is 3. The molecule has 3 heterocycles. The van der Waals surface area contributed by atoms with Crippen molar-refractivity contribution in [1.82, 2.24) is 14.9 Å². The molecule has 0 aromatic carbocycles. The summed E-state index contributed by atoms with van der Waals surface area (Å²) >= 11 is 0. The van der Waals surface area contributed by atoms with Crippen LogP contribution < -0.4 is 5.73 Å². The number of carbonyl (C=O) groups excluding carboxylic acids is 2. The topological polar surface area (TPSA) is 79.1 Å². The first kappa shape index (κ1) is 17.6. The largest absolute Gasteiger partial charge is 0.342 e. The molecule has 3 aliphatic rings. The molecule has 7 heteroatoms. The van der Waals surface area contributed by atoms with E-state index in [0.717, 1.165) is 58.5 Å². The van der Waals surface area contributed by atoms with Crippen LogP contribution in [0.25, 0.3) is 0 Å². The summed E-state index contributed by atoms with van der Waals surface area (Å²) < 4.78 is 0. The number of hydrogen-bond donors (Lipinski definition) is 1. The van der Waals surface area contributed by atoms with Crippen molar-refractivity contribution in [2.24, 2.45) is 11.7 Å². The lowest BCUT2D eigenvalue weighted by Gasteiger charge is -2.47. The van der Waals surface area contributed by atoms with Crippen molar-refractivity contribution < 1.29 is 14.4 Å². The standard InChI is InChI=1S/C17H30N4O3/c18-7-1-9-21-15-5-10-19(13-14(15)3-4-17(21)23)16(22)6-11-20-8-2-12-24-20/h14-15H,1-13,18H2/t14-,15+/m0/s1. The predicted molar refractivity (Wildman–Crippen MR) is 89.9 cm³/mol. The third-order valence-corrected chi connectivity index (χ3v) is 5.50. The van der Waals surface area contributed by atoms with Crippen molar-refractivity contribution >= 4 is 11.8 Å². The number of hydrogen-bond acceptors (Lipinski definition) is 5. The van der Waals surface area contributed by atoms with E-state index in [1.165, 1.54) is 0 Å². The van der Waals surface area contributed by atoms with Crippen LogP contribution in [0, 0.1) is 5.92 Å². The Morgan fingerprint density at radius 1 is 1.25 bits per heavy atom. The maximum Gasteiger partial charge on any atom is 0.223 e. The zero-order valence-corrected chi connectivity index (χ0v) is 14.5. The monoisotopic (exact) mass is 338 g/mol. The zero-order chi connectivity index (χ0) is 16.9. The summed E-state index contributed by atoms with van der Waals surface area (Å²) in [5.74, 6) is 0.895. The number of likely N-dealkylation sites (tertiary alicyclic amines) is 2. The first-order valence-corrected chi connectivity index (χ1v) is 9.34. The van der Waals surface area contributed by atoms with Crippen LogP contribution in [-0.2, 0) is 14.4 Å². The summed E-state index contributed by atoms with van der Waals surface area (Å²) in [7, 11) is 0. The lowest BCUT2D eigenvalue weighted by atomic mass is 9.83. The van der Waals surface area contributed by atoms with Gasteiger partial charge in [-0.05, 0) is 38.1 Å². The molecule has 0 radical (unpaired) electrons. The Labute approximate surface area is 144 Å². The molecule has 0 unspecified atom stereocenters. The van der Waals surface area contributed by atoms with Crippen molar-refractivity contribution in [2.75, 3.05) is 45.9 Å². The van der Waals surface area contributed by atoms with Gasteiger partial charge in [0.2, 0.25) is 11.8 Å². The summed E-state index contributed by atoms with van der Waals surface area (Å²) in [6.45, 7) is 5.31. The third-order valence-electron chi connectivity index (χ3n) is 5.50. The van der Waals surface area contributed by atoms with Gasteiger partial charge in [-0.3, -0.25) is 14.4 Å². The smallest absolute Gasteiger partial charge is 0.223 e. The van der Waals surface area contributed by atoms with Crippen LogP contribution in [-0.4, -0.2) is 78.6 Å². The minimum absolute atomic E-state index is 0.217. The number of piperidine rings is 2. The van der Waals surface area contributed by atoms with Gasteiger partial charge in [-0.2, -0.15) is 5.06 Å². The van der Waals surface area contributed by atoms with E-state index >= 15 is 0 Å². The molecule has 3 rings (SSSR count). The number of fused-ring (bicyclic) bond motifs is 1. The highest BCUT2D eigenvalue weighted by atomic mass is 16.7. The van der Waals surface area contributed by atoms with Gasteiger partial charge in [0, 0.05) is 51.6 Å². The lowest BCUT2D eigenvalue weighted by molar-refractivity contribution is -0.146. The molecule has 0 aliphatic carbocycles. The summed E-state index contributed by atoms with van der Waals surface area (Å²) in [5, 5.41) is 1.90. The van der Waals surface area contributed by atoms with Gasteiger partial charge >= 0.3 is 0 Å². The molecule has 2 atom stereocenters. The molecule has 136 valence electrons. The highest BCUT2D eigenvalue weighted by molar-refractivity contribution is 5.78. The number of rotatable bonds is 6. The van der Waals surface area contributed by atoms with Crippen LogP contribution in [0.1, 0.15) is 38.5 Å². The first-order valence-electron chi connectivity index (χ1n) is 9.34. The van der Waals surface area contributed by atoms with Gasteiger partial charge < -0.3 is 15.5 Å². The van der Waals surface area contributed by atoms with E-state index in [1.54, 1.807) is 0 Å². The number of amides is 2. The van der Waals surface area contributed by atoms with Crippen LogP contribution >= 0.6 is 0 Å². The molecule has 3 saturated heterocycles.